The third-order valence-corrected chi connectivity index (χ3v) is 5.85. The van der Waals surface area contributed by atoms with E-state index in [-0.39, 0.29) is 30.1 Å². The van der Waals surface area contributed by atoms with Crippen LogP contribution in [0.1, 0.15) is 24.0 Å². The van der Waals surface area contributed by atoms with Gasteiger partial charge < -0.3 is 20.3 Å². The Balaban J connectivity index is 0.000000913. The number of nitrogens with one attached hydrogen (secondary N) is 1. The number of phenolic OH excluding ortho intramolecular Hbond substituents is 1. The van der Waals surface area contributed by atoms with E-state index >= 15 is 0 Å². The summed E-state index contributed by atoms with van der Waals surface area (Å²) in [6, 6.07) is 13.8. The fraction of sp³-hybridized carbons (Fsp3) is 0.417. The maximum Gasteiger partial charge on any atom is 0.290 e. The smallest absolute Gasteiger partial charge is 0.290 e. The number of carbonyl (C=O) groups excluding carboxylic acids is 1. The molecule has 1 amide bonds. The summed E-state index contributed by atoms with van der Waals surface area (Å²) in [5, 5.41) is 19.6. The maximum absolute atomic E-state index is 14.3. The summed E-state index contributed by atoms with van der Waals surface area (Å²) in [7, 11) is 0. The first-order chi connectivity index (χ1) is 15.5. The van der Waals surface area contributed by atoms with Gasteiger partial charge in [0.05, 0.1) is 11.5 Å². The molecule has 0 aliphatic carbocycles. The zero-order valence-electron chi connectivity index (χ0n) is 17.9. The fourth-order valence-corrected chi connectivity index (χ4v) is 4.38. The highest BCUT2D eigenvalue weighted by molar-refractivity contribution is 5.84. The molecule has 172 valence electrons. The minimum Gasteiger partial charge on any atom is -0.508 e. The van der Waals surface area contributed by atoms with Gasteiger partial charge in [0.1, 0.15) is 11.6 Å². The Hall–Kier alpha value is -2.97. The standard InChI is InChI=1S/C23H27FN2O3.CH2O2/c24-21-9-2-1-6-18(21)12-23(22(28)25-13-20-8-4-10-29-20)15-26(16-23)14-17-5-3-7-19(27)11-17;2-1-3/h1-3,5-7,9,11,20,27H,4,8,10,12-16H2,(H,25,28);1H,(H,2,3). The zero-order chi connectivity index (χ0) is 23.0. The van der Waals surface area contributed by atoms with Crippen LogP contribution in [-0.2, 0) is 27.3 Å². The molecule has 3 N–H and O–H groups in total. The predicted molar refractivity (Wildman–Crippen MR) is 117 cm³/mol. The minimum atomic E-state index is -0.655. The molecule has 0 radical (unpaired) electrons. The van der Waals surface area contributed by atoms with Crippen LogP contribution in [0.3, 0.4) is 0 Å². The van der Waals surface area contributed by atoms with E-state index in [1.54, 1.807) is 30.3 Å². The van der Waals surface area contributed by atoms with Crippen LogP contribution in [0.2, 0.25) is 0 Å². The van der Waals surface area contributed by atoms with Gasteiger partial charge in [-0.2, -0.15) is 0 Å². The van der Waals surface area contributed by atoms with Gasteiger partial charge in [0.15, 0.2) is 0 Å². The molecule has 2 heterocycles. The Labute approximate surface area is 186 Å². The third kappa shape index (κ3) is 6.05. The van der Waals surface area contributed by atoms with Gasteiger partial charge in [0, 0.05) is 32.8 Å². The highest BCUT2D eigenvalue weighted by Crippen LogP contribution is 2.36. The number of likely N-dealkylation sites (tertiary alicyclic amines) is 1. The van der Waals surface area contributed by atoms with E-state index in [1.165, 1.54) is 6.07 Å². The number of benzene rings is 2. The predicted octanol–water partition coefficient (Wildman–Crippen LogP) is 2.57. The van der Waals surface area contributed by atoms with Crippen molar-refractivity contribution < 1.29 is 28.9 Å². The molecule has 4 rings (SSSR count). The number of hydrogen-bond donors (Lipinski definition) is 3. The molecule has 1 atom stereocenters. The number of phenols is 1. The van der Waals surface area contributed by atoms with Gasteiger partial charge in [-0.25, -0.2) is 4.39 Å². The van der Waals surface area contributed by atoms with Crippen molar-refractivity contribution in [1.82, 2.24) is 10.2 Å². The van der Waals surface area contributed by atoms with Crippen molar-refractivity contribution in [2.45, 2.75) is 31.9 Å². The van der Waals surface area contributed by atoms with E-state index in [0.29, 0.717) is 38.2 Å². The average molecular weight is 445 g/mol. The second-order valence-corrected chi connectivity index (χ2v) is 8.31. The second kappa shape index (κ2) is 11.1. The van der Waals surface area contributed by atoms with Crippen LogP contribution in [-0.4, -0.2) is 59.8 Å². The van der Waals surface area contributed by atoms with Gasteiger partial charge in [-0.15, -0.1) is 0 Å². The molecule has 1 unspecified atom stereocenters. The van der Waals surface area contributed by atoms with Crippen LogP contribution in [0, 0.1) is 11.2 Å². The molecular weight excluding hydrogens is 415 g/mol. The largest absolute Gasteiger partial charge is 0.508 e. The zero-order valence-corrected chi connectivity index (χ0v) is 17.9. The monoisotopic (exact) mass is 444 g/mol. The topological polar surface area (TPSA) is 99.1 Å². The van der Waals surface area contributed by atoms with Gasteiger partial charge in [-0.1, -0.05) is 30.3 Å². The fourth-order valence-electron chi connectivity index (χ4n) is 4.38. The van der Waals surface area contributed by atoms with Gasteiger partial charge in [-0.05, 0) is 48.6 Å². The van der Waals surface area contributed by atoms with E-state index in [2.05, 4.69) is 10.2 Å². The van der Waals surface area contributed by atoms with Crippen molar-refractivity contribution in [2.24, 2.45) is 5.41 Å². The van der Waals surface area contributed by atoms with E-state index in [9.17, 15) is 14.3 Å². The molecule has 8 heteroatoms. The summed E-state index contributed by atoms with van der Waals surface area (Å²) < 4.78 is 19.9. The number of carbonyl (C=O) groups is 2. The molecule has 2 aromatic carbocycles. The number of rotatable bonds is 7. The number of amides is 1. The lowest BCUT2D eigenvalue weighted by atomic mass is 9.73. The first-order valence-corrected chi connectivity index (χ1v) is 10.7. The van der Waals surface area contributed by atoms with Gasteiger partial charge in [0.25, 0.3) is 6.47 Å². The van der Waals surface area contributed by atoms with Crippen molar-refractivity contribution in [3.63, 3.8) is 0 Å². The summed E-state index contributed by atoms with van der Waals surface area (Å²) in [4.78, 5) is 23.6. The van der Waals surface area contributed by atoms with E-state index in [4.69, 9.17) is 14.6 Å². The van der Waals surface area contributed by atoms with Crippen LogP contribution in [0.5, 0.6) is 5.75 Å². The lowest BCUT2D eigenvalue weighted by Crippen LogP contribution is -2.64. The second-order valence-electron chi connectivity index (χ2n) is 8.31. The first-order valence-electron chi connectivity index (χ1n) is 10.7. The van der Waals surface area contributed by atoms with Crippen LogP contribution in [0.25, 0.3) is 0 Å². The quantitative estimate of drug-likeness (QED) is 0.568. The Kier molecular flexibility index (Phi) is 8.19. The van der Waals surface area contributed by atoms with Crippen molar-refractivity contribution in [1.29, 1.82) is 0 Å². The first kappa shape index (κ1) is 23.7. The van der Waals surface area contributed by atoms with Crippen LogP contribution < -0.4 is 5.32 Å². The molecule has 2 saturated heterocycles. The summed E-state index contributed by atoms with van der Waals surface area (Å²) in [5.41, 5.74) is 0.901. The highest BCUT2D eigenvalue weighted by Gasteiger charge is 2.49. The Bertz CT molecular complexity index is 911. The number of ether oxygens (including phenoxy) is 1. The summed E-state index contributed by atoms with van der Waals surface area (Å²) >= 11 is 0. The van der Waals surface area contributed by atoms with Gasteiger partial charge >= 0.3 is 0 Å². The van der Waals surface area contributed by atoms with Gasteiger partial charge in [-0.3, -0.25) is 14.5 Å². The Morgan fingerprint density at radius 2 is 2.00 bits per heavy atom. The van der Waals surface area contributed by atoms with Crippen LogP contribution in [0.15, 0.2) is 48.5 Å². The minimum absolute atomic E-state index is 0.0385. The highest BCUT2D eigenvalue weighted by atomic mass is 19.1. The molecule has 2 aromatic rings. The lowest BCUT2D eigenvalue weighted by molar-refractivity contribution is -0.143. The molecule has 0 saturated carbocycles. The number of carboxylic acid groups (broad SMARTS) is 1. The maximum atomic E-state index is 14.3. The van der Waals surface area contributed by atoms with E-state index in [1.807, 2.05) is 12.1 Å². The molecule has 32 heavy (non-hydrogen) atoms. The lowest BCUT2D eigenvalue weighted by Gasteiger charge is -2.49. The van der Waals surface area contributed by atoms with E-state index < -0.39 is 5.41 Å². The van der Waals surface area contributed by atoms with Crippen molar-refractivity contribution >= 4 is 12.4 Å². The normalized spacial score (nSPS) is 19.3. The number of nitrogens with zero attached hydrogens (tertiary/aromatic N) is 1. The molecular formula is C24H29FN2O5. The summed E-state index contributed by atoms with van der Waals surface area (Å²) in [6.07, 6.45) is 2.43. The molecule has 7 nitrogen and oxygen atoms in total. The Morgan fingerprint density at radius 3 is 2.66 bits per heavy atom. The van der Waals surface area contributed by atoms with Crippen molar-refractivity contribution in [3.05, 3.63) is 65.5 Å². The summed E-state index contributed by atoms with van der Waals surface area (Å²) in [5.74, 6) is -0.0800. The van der Waals surface area contributed by atoms with Gasteiger partial charge in [0.2, 0.25) is 5.91 Å². The molecule has 2 fully saturated rings. The average Bonchev–Trinajstić information content (AvgIpc) is 3.26. The van der Waals surface area contributed by atoms with Crippen LogP contribution >= 0.6 is 0 Å². The summed E-state index contributed by atoms with van der Waals surface area (Å²) in [6.45, 7) is 2.75. The number of hydrogen-bond acceptors (Lipinski definition) is 5. The molecule has 2 aliphatic heterocycles. The van der Waals surface area contributed by atoms with Crippen molar-refractivity contribution in [3.8, 4) is 5.75 Å². The molecule has 0 bridgehead atoms. The molecule has 2 aliphatic rings. The number of halogens is 1. The van der Waals surface area contributed by atoms with Crippen LogP contribution in [0.4, 0.5) is 4.39 Å². The number of aromatic hydroxyl groups is 1. The Morgan fingerprint density at radius 1 is 1.25 bits per heavy atom. The van der Waals surface area contributed by atoms with E-state index in [0.717, 1.165) is 25.0 Å². The van der Waals surface area contributed by atoms with Crippen molar-refractivity contribution in [2.75, 3.05) is 26.2 Å². The third-order valence-electron chi connectivity index (χ3n) is 5.85. The molecule has 0 spiro atoms. The SMILES string of the molecule is O=C(NCC1CCCO1)C1(Cc2ccccc2F)CN(Cc2cccc(O)c2)C1.O=CO. The molecule has 0 aromatic heterocycles.